The summed E-state index contributed by atoms with van der Waals surface area (Å²) < 4.78 is 0. The van der Waals surface area contributed by atoms with Gasteiger partial charge in [-0.3, -0.25) is 4.79 Å². The zero-order valence-electron chi connectivity index (χ0n) is 13.4. The maximum atomic E-state index is 11.8. The van der Waals surface area contributed by atoms with Crippen molar-refractivity contribution in [1.82, 2.24) is 10.6 Å². The first-order chi connectivity index (χ1) is 9.26. The highest BCUT2D eigenvalue weighted by atomic mass is 16.4. The highest BCUT2D eigenvalue weighted by molar-refractivity contribution is 5.74. The molecule has 3 unspecified atom stereocenters. The molecule has 0 aliphatic carbocycles. The lowest BCUT2D eigenvalue weighted by molar-refractivity contribution is -0.138. The quantitative estimate of drug-likeness (QED) is 0.610. The molecule has 20 heavy (non-hydrogen) atoms. The molecule has 5 nitrogen and oxygen atoms in total. The first-order valence-corrected chi connectivity index (χ1v) is 7.52. The summed E-state index contributed by atoms with van der Waals surface area (Å²) in [5.74, 6) is 0.0115. The second-order valence-electron chi connectivity index (χ2n) is 6.12. The van der Waals surface area contributed by atoms with Gasteiger partial charge in [0.1, 0.15) is 0 Å². The molecule has 0 bridgehead atoms. The van der Waals surface area contributed by atoms with Crippen molar-refractivity contribution >= 4 is 12.0 Å². The van der Waals surface area contributed by atoms with Gasteiger partial charge in [0, 0.05) is 19.0 Å². The molecule has 3 N–H and O–H groups in total. The predicted molar refractivity (Wildman–Crippen MR) is 80.6 cm³/mol. The Morgan fingerprint density at radius 2 is 1.75 bits per heavy atom. The maximum Gasteiger partial charge on any atom is 0.315 e. The van der Waals surface area contributed by atoms with E-state index in [9.17, 15) is 9.59 Å². The summed E-state index contributed by atoms with van der Waals surface area (Å²) in [4.78, 5) is 22.6. The van der Waals surface area contributed by atoms with E-state index in [1.165, 1.54) is 0 Å². The molecule has 0 aromatic heterocycles. The van der Waals surface area contributed by atoms with E-state index in [2.05, 4.69) is 38.3 Å². The molecule has 0 aromatic rings. The maximum absolute atomic E-state index is 11.8. The van der Waals surface area contributed by atoms with Crippen molar-refractivity contribution in [3.05, 3.63) is 0 Å². The van der Waals surface area contributed by atoms with Crippen LogP contribution in [0, 0.1) is 17.8 Å². The van der Waals surface area contributed by atoms with Crippen molar-refractivity contribution in [1.29, 1.82) is 0 Å². The van der Waals surface area contributed by atoms with Gasteiger partial charge >= 0.3 is 12.0 Å². The van der Waals surface area contributed by atoms with Gasteiger partial charge in [0.05, 0.1) is 0 Å². The zero-order valence-corrected chi connectivity index (χ0v) is 13.4. The minimum absolute atomic E-state index is 0.0165. The molecule has 0 rings (SSSR count). The van der Waals surface area contributed by atoms with E-state index in [-0.39, 0.29) is 24.4 Å². The van der Waals surface area contributed by atoms with E-state index in [1.807, 2.05) is 6.92 Å². The lowest BCUT2D eigenvalue weighted by atomic mass is 9.94. The normalized spacial score (nSPS) is 15.5. The second kappa shape index (κ2) is 9.61. The summed E-state index contributed by atoms with van der Waals surface area (Å²) in [5, 5.41) is 14.6. The smallest absolute Gasteiger partial charge is 0.315 e. The molecule has 0 fully saturated rings. The first kappa shape index (κ1) is 18.7. The summed E-state index contributed by atoms with van der Waals surface area (Å²) in [7, 11) is 0. The number of amides is 2. The molecule has 0 radical (unpaired) electrons. The number of carboxylic acids is 1. The van der Waals surface area contributed by atoms with Crippen LogP contribution in [0.15, 0.2) is 0 Å². The van der Waals surface area contributed by atoms with Crippen LogP contribution in [0.2, 0.25) is 0 Å². The molecule has 0 aliphatic rings. The number of hydrogen-bond acceptors (Lipinski definition) is 2. The number of hydrogen-bond donors (Lipinski definition) is 3. The van der Waals surface area contributed by atoms with Gasteiger partial charge in [-0.1, -0.05) is 34.1 Å². The fourth-order valence-corrected chi connectivity index (χ4v) is 2.14. The predicted octanol–water partition coefficient (Wildman–Crippen LogP) is 2.86. The molecule has 118 valence electrons. The Kier molecular flexibility index (Phi) is 9.01. The fraction of sp³-hybridized carbons (Fsp3) is 0.867. The minimum Gasteiger partial charge on any atom is -0.481 e. The SMILES string of the molecule is CCC(C)C(C)NC(=O)NCC(CC(=O)O)CC(C)C. The average molecular weight is 286 g/mol. The molecular formula is C15H30N2O3. The standard InChI is InChI=1S/C15H30N2O3/c1-6-11(4)12(5)17-15(20)16-9-13(7-10(2)3)8-14(18)19/h10-13H,6-9H2,1-5H3,(H,18,19)(H2,16,17,20). The van der Waals surface area contributed by atoms with Crippen LogP contribution in [0.4, 0.5) is 4.79 Å². The fourth-order valence-electron chi connectivity index (χ4n) is 2.14. The van der Waals surface area contributed by atoms with Crippen molar-refractivity contribution < 1.29 is 14.7 Å². The van der Waals surface area contributed by atoms with Gasteiger partial charge in [0.25, 0.3) is 0 Å². The van der Waals surface area contributed by atoms with Gasteiger partial charge < -0.3 is 15.7 Å². The lowest BCUT2D eigenvalue weighted by Crippen LogP contribution is -2.45. The zero-order chi connectivity index (χ0) is 15.7. The molecule has 0 spiro atoms. The van der Waals surface area contributed by atoms with Crippen LogP contribution in [-0.2, 0) is 4.79 Å². The Bertz CT molecular complexity index is 305. The molecule has 0 saturated heterocycles. The number of urea groups is 1. The Balaban J connectivity index is 4.19. The number of aliphatic carboxylic acids is 1. The third-order valence-corrected chi connectivity index (χ3v) is 3.68. The van der Waals surface area contributed by atoms with Gasteiger partial charge in [-0.2, -0.15) is 0 Å². The summed E-state index contributed by atoms with van der Waals surface area (Å²) in [5.41, 5.74) is 0. The number of rotatable bonds is 9. The van der Waals surface area contributed by atoms with E-state index in [0.717, 1.165) is 12.8 Å². The largest absolute Gasteiger partial charge is 0.481 e. The molecule has 0 aromatic carbocycles. The number of nitrogens with one attached hydrogen (secondary N) is 2. The third kappa shape index (κ3) is 8.77. The van der Waals surface area contributed by atoms with E-state index in [0.29, 0.717) is 18.4 Å². The Hall–Kier alpha value is -1.26. The third-order valence-electron chi connectivity index (χ3n) is 3.68. The highest BCUT2D eigenvalue weighted by Crippen LogP contribution is 2.14. The Labute approximate surface area is 122 Å². The van der Waals surface area contributed by atoms with E-state index in [1.54, 1.807) is 0 Å². The minimum atomic E-state index is -0.814. The number of carboxylic acid groups (broad SMARTS) is 1. The van der Waals surface area contributed by atoms with E-state index >= 15 is 0 Å². The Morgan fingerprint density at radius 3 is 2.20 bits per heavy atom. The summed E-state index contributed by atoms with van der Waals surface area (Å²) in [6, 6.07) is -0.0973. The molecule has 3 atom stereocenters. The topological polar surface area (TPSA) is 78.4 Å². The highest BCUT2D eigenvalue weighted by Gasteiger charge is 2.17. The van der Waals surface area contributed by atoms with Crippen LogP contribution in [0.25, 0.3) is 0 Å². The van der Waals surface area contributed by atoms with Crippen molar-refractivity contribution in [2.24, 2.45) is 17.8 Å². The van der Waals surface area contributed by atoms with Crippen LogP contribution in [0.5, 0.6) is 0 Å². The Morgan fingerprint density at radius 1 is 1.15 bits per heavy atom. The summed E-state index contributed by atoms with van der Waals surface area (Å²) >= 11 is 0. The van der Waals surface area contributed by atoms with Crippen LogP contribution >= 0.6 is 0 Å². The molecule has 0 aliphatic heterocycles. The van der Waals surface area contributed by atoms with Gasteiger partial charge in [-0.05, 0) is 31.1 Å². The molecule has 0 heterocycles. The lowest BCUT2D eigenvalue weighted by Gasteiger charge is -2.22. The van der Waals surface area contributed by atoms with Crippen LogP contribution in [-0.4, -0.2) is 29.7 Å². The second-order valence-corrected chi connectivity index (χ2v) is 6.12. The first-order valence-electron chi connectivity index (χ1n) is 7.52. The summed E-state index contributed by atoms with van der Waals surface area (Å²) in [6.45, 7) is 10.7. The number of carbonyl (C=O) groups excluding carboxylic acids is 1. The van der Waals surface area contributed by atoms with E-state index in [4.69, 9.17) is 5.11 Å². The van der Waals surface area contributed by atoms with Crippen molar-refractivity contribution in [3.8, 4) is 0 Å². The summed E-state index contributed by atoms with van der Waals surface area (Å²) in [6.07, 6.45) is 1.91. The molecular weight excluding hydrogens is 256 g/mol. The molecule has 0 saturated carbocycles. The van der Waals surface area contributed by atoms with Gasteiger partial charge in [0.15, 0.2) is 0 Å². The monoisotopic (exact) mass is 286 g/mol. The van der Waals surface area contributed by atoms with E-state index < -0.39 is 5.97 Å². The van der Waals surface area contributed by atoms with Crippen LogP contribution in [0.1, 0.15) is 53.9 Å². The molecule has 5 heteroatoms. The number of carbonyl (C=O) groups is 2. The van der Waals surface area contributed by atoms with Crippen molar-refractivity contribution in [2.45, 2.75) is 59.9 Å². The van der Waals surface area contributed by atoms with Crippen LogP contribution < -0.4 is 10.6 Å². The van der Waals surface area contributed by atoms with Gasteiger partial charge in [-0.25, -0.2) is 4.79 Å². The van der Waals surface area contributed by atoms with Gasteiger partial charge in [-0.15, -0.1) is 0 Å². The average Bonchev–Trinajstić information content (AvgIpc) is 2.33. The molecule has 2 amide bonds. The van der Waals surface area contributed by atoms with Crippen LogP contribution in [0.3, 0.4) is 0 Å². The van der Waals surface area contributed by atoms with Crippen molar-refractivity contribution in [3.63, 3.8) is 0 Å². The van der Waals surface area contributed by atoms with Gasteiger partial charge in [0.2, 0.25) is 0 Å². The van der Waals surface area contributed by atoms with Crippen molar-refractivity contribution in [2.75, 3.05) is 6.54 Å².